The average Bonchev–Trinajstić information content (AvgIpc) is 2.81. The van der Waals surface area contributed by atoms with Gasteiger partial charge in [-0.3, -0.25) is 4.68 Å². The van der Waals surface area contributed by atoms with Gasteiger partial charge in [0.15, 0.2) is 0 Å². The monoisotopic (exact) mass is 344 g/mol. The van der Waals surface area contributed by atoms with Gasteiger partial charge in [0.25, 0.3) is 0 Å². The van der Waals surface area contributed by atoms with Crippen LogP contribution < -0.4 is 0 Å². The van der Waals surface area contributed by atoms with E-state index in [2.05, 4.69) is 28.0 Å². The molecule has 20 heavy (non-hydrogen) atoms. The molecule has 0 atom stereocenters. The summed E-state index contributed by atoms with van der Waals surface area (Å²) in [5.74, 6) is 0.773. The van der Waals surface area contributed by atoms with Gasteiger partial charge >= 0.3 is 0 Å². The van der Waals surface area contributed by atoms with Crippen LogP contribution in [0, 0.1) is 5.92 Å². The average molecular weight is 345 g/mol. The smallest absolute Gasteiger partial charge is 0.107 e. The lowest BCUT2D eigenvalue weighted by Crippen LogP contribution is -2.34. The quantitative estimate of drug-likeness (QED) is 0.859. The largest absolute Gasteiger partial charge is 0.384 e. The third-order valence-electron chi connectivity index (χ3n) is 4.37. The molecule has 1 saturated carbocycles. The van der Waals surface area contributed by atoms with Crippen LogP contribution in [0.15, 0.2) is 10.7 Å². The van der Waals surface area contributed by atoms with Crippen LogP contribution in [0.25, 0.3) is 0 Å². The number of methoxy groups -OCH3 is 1. The summed E-state index contributed by atoms with van der Waals surface area (Å²) >= 11 is 3.54. The standard InChI is InChI=1S/C15H25BrN2O2/c1-3-4-12-5-7-15(19,8-6-12)14-13(16)11-17-18(14)9-10-20-2/h11-12,19H,3-10H2,1-2H3. The fourth-order valence-electron chi connectivity index (χ4n) is 3.26. The molecule has 0 aliphatic heterocycles. The predicted molar refractivity (Wildman–Crippen MR) is 82.6 cm³/mol. The van der Waals surface area contributed by atoms with E-state index < -0.39 is 5.60 Å². The zero-order valence-corrected chi connectivity index (χ0v) is 14.0. The lowest BCUT2D eigenvalue weighted by Gasteiger charge is -2.36. The Morgan fingerprint density at radius 3 is 2.80 bits per heavy atom. The number of halogens is 1. The highest BCUT2D eigenvalue weighted by Crippen LogP contribution is 2.43. The summed E-state index contributed by atoms with van der Waals surface area (Å²) in [6.07, 6.45) is 8.15. The van der Waals surface area contributed by atoms with Gasteiger partial charge in [0.2, 0.25) is 0 Å². The van der Waals surface area contributed by atoms with Crippen LogP contribution in [0.1, 0.15) is 51.1 Å². The zero-order valence-electron chi connectivity index (χ0n) is 12.4. The Balaban J connectivity index is 2.12. The molecule has 5 heteroatoms. The van der Waals surface area contributed by atoms with Crippen molar-refractivity contribution < 1.29 is 9.84 Å². The second kappa shape index (κ2) is 7.05. The molecule has 0 amide bonds. The van der Waals surface area contributed by atoms with Crippen LogP contribution in [0.2, 0.25) is 0 Å². The van der Waals surface area contributed by atoms with E-state index in [4.69, 9.17) is 4.74 Å². The van der Waals surface area contributed by atoms with Gasteiger partial charge in [0.1, 0.15) is 5.60 Å². The molecule has 0 unspecified atom stereocenters. The number of ether oxygens (including phenoxy) is 1. The number of rotatable bonds is 6. The molecule has 0 radical (unpaired) electrons. The van der Waals surface area contributed by atoms with Gasteiger partial charge in [-0.25, -0.2) is 0 Å². The molecule has 1 aromatic rings. The van der Waals surface area contributed by atoms with Crippen molar-refractivity contribution in [3.05, 3.63) is 16.4 Å². The molecule has 0 aromatic carbocycles. The van der Waals surface area contributed by atoms with Crippen LogP contribution in [0.5, 0.6) is 0 Å². The zero-order chi connectivity index (χ0) is 14.6. The minimum Gasteiger partial charge on any atom is -0.384 e. The predicted octanol–water partition coefficient (Wildman–Crippen LogP) is 3.47. The van der Waals surface area contributed by atoms with E-state index in [0.29, 0.717) is 13.2 Å². The van der Waals surface area contributed by atoms with Crippen LogP contribution in [-0.4, -0.2) is 28.6 Å². The van der Waals surface area contributed by atoms with E-state index in [1.165, 1.54) is 12.8 Å². The first-order valence-electron chi connectivity index (χ1n) is 7.54. The summed E-state index contributed by atoms with van der Waals surface area (Å²) in [5, 5.41) is 15.4. The normalized spacial score (nSPS) is 26.9. The maximum absolute atomic E-state index is 11.0. The van der Waals surface area contributed by atoms with E-state index in [-0.39, 0.29) is 0 Å². The molecule has 0 saturated heterocycles. The fraction of sp³-hybridized carbons (Fsp3) is 0.800. The molecule has 114 valence electrons. The first-order chi connectivity index (χ1) is 9.60. The number of hydrogen-bond acceptors (Lipinski definition) is 3. The first kappa shape index (κ1) is 16.0. The summed E-state index contributed by atoms with van der Waals surface area (Å²) in [4.78, 5) is 0. The van der Waals surface area contributed by atoms with Crippen molar-refractivity contribution in [3.63, 3.8) is 0 Å². The fourth-order valence-corrected chi connectivity index (χ4v) is 3.93. The Kier molecular flexibility index (Phi) is 5.64. The Morgan fingerprint density at radius 1 is 1.50 bits per heavy atom. The topological polar surface area (TPSA) is 47.3 Å². The summed E-state index contributed by atoms with van der Waals surface area (Å²) in [7, 11) is 1.68. The van der Waals surface area contributed by atoms with Crippen LogP contribution in [-0.2, 0) is 16.9 Å². The Hall–Kier alpha value is -0.390. The number of hydrogen-bond donors (Lipinski definition) is 1. The summed E-state index contributed by atoms with van der Waals surface area (Å²) in [6, 6.07) is 0. The highest BCUT2D eigenvalue weighted by molar-refractivity contribution is 9.10. The van der Waals surface area contributed by atoms with Crippen molar-refractivity contribution in [2.24, 2.45) is 5.92 Å². The number of aliphatic hydroxyl groups is 1. The Morgan fingerprint density at radius 2 is 2.20 bits per heavy atom. The van der Waals surface area contributed by atoms with E-state index >= 15 is 0 Å². The van der Waals surface area contributed by atoms with Gasteiger partial charge < -0.3 is 9.84 Å². The van der Waals surface area contributed by atoms with E-state index in [1.54, 1.807) is 13.3 Å². The second-order valence-electron chi connectivity index (χ2n) is 5.82. The molecule has 2 rings (SSSR count). The van der Waals surface area contributed by atoms with Crippen molar-refractivity contribution >= 4 is 15.9 Å². The highest BCUT2D eigenvalue weighted by atomic mass is 79.9. The minimum absolute atomic E-state index is 0.607. The van der Waals surface area contributed by atoms with Crippen molar-refractivity contribution in [1.29, 1.82) is 0 Å². The summed E-state index contributed by atoms with van der Waals surface area (Å²) in [5.41, 5.74) is 0.178. The maximum atomic E-state index is 11.0. The van der Waals surface area contributed by atoms with Gasteiger partial charge in [0.05, 0.1) is 29.5 Å². The molecule has 1 aliphatic carbocycles. The van der Waals surface area contributed by atoms with Crippen molar-refractivity contribution in [3.8, 4) is 0 Å². The van der Waals surface area contributed by atoms with Gasteiger partial charge in [-0.1, -0.05) is 19.8 Å². The Labute approximate surface area is 129 Å². The third kappa shape index (κ3) is 3.43. The summed E-state index contributed by atoms with van der Waals surface area (Å²) in [6.45, 7) is 3.52. The molecule has 1 heterocycles. The third-order valence-corrected chi connectivity index (χ3v) is 4.95. The minimum atomic E-state index is -0.743. The molecular weight excluding hydrogens is 320 g/mol. The number of nitrogens with zero attached hydrogens (tertiary/aromatic N) is 2. The van der Waals surface area contributed by atoms with Gasteiger partial charge in [-0.2, -0.15) is 5.10 Å². The maximum Gasteiger partial charge on any atom is 0.107 e. The second-order valence-corrected chi connectivity index (χ2v) is 6.68. The van der Waals surface area contributed by atoms with Crippen molar-refractivity contribution in [2.45, 2.75) is 57.6 Å². The highest BCUT2D eigenvalue weighted by Gasteiger charge is 2.38. The van der Waals surface area contributed by atoms with Gasteiger partial charge in [-0.05, 0) is 47.5 Å². The van der Waals surface area contributed by atoms with E-state index in [9.17, 15) is 5.11 Å². The SMILES string of the molecule is CCCC1CCC(O)(c2c(Br)cnn2CCOC)CC1. The van der Waals surface area contributed by atoms with Crippen LogP contribution in [0.3, 0.4) is 0 Å². The van der Waals surface area contributed by atoms with Crippen molar-refractivity contribution in [1.82, 2.24) is 9.78 Å². The van der Waals surface area contributed by atoms with Gasteiger partial charge in [0, 0.05) is 7.11 Å². The molecule has 1 fully saturated rings. The lowest BCUT2D eigenvalue weighted by molar-refractivity contribution is -0.0240. The van der Waals surface area contributed by atoms with Crippen molar-refractivity contribution in [2.75, 3.05) is 13.7 Å². The van der Waals surface area contributed by atoms with E-state index in [0.717, 1.165) is 41.8 Å². The van der Waals surface area contributed by atoms with Crippen LogP contribution in [0.4, 0.5) is 0 Å². The van der Waals surface area contributed by atoms with E-state index in [1.807, 2.05) is 4.68 Å². The molecule has 1 aliphatic rings. The molecule has 4 nitrogen and oxygen atoms in total. The summed E-state index contributed by atoms with van der Waals surface area (Å²) < 4.78 is 7.91. The first-order valence-corrected chi connectivity index (χ1v) is 8.33. The Bertz CT molecular complexity index is 426. The molecule has 0 bridgehead atoms. The van der Waals surface area contributed by atoms with Crippen LogP contribution >= 0.6 is 15.9 Å². The molecular formula is C15H25BrN2O2. The molecule has 1 N–H and O–H groups in total. The molecule has 0 spiro atoms. The van der Waals surface area contributed by atoms with Gasteiger partial charge in [-0.15, -0.1) is 0 Å². The number of aromatic nitrogens is 2. The molecule has 1 aromatic heterocycles. The lowest BCUT2D eigenvalue weighted by atomic mass is 9.75.